The van der Waals surface area contributed by atoms with Gasteiger partial charge in [0.2, 0.25) is 5.92 Å². The van der Waals surface area contributed by atoms with Crippen LogP contribution in [-0.4, -0.2) is 17.1 Å². The normalized spacial score (nSPS) is 61.6. The first kappa shape index (κ1) is 14.2. The number of hydrogen-bond acceptors (Lipinski definition) is 1. The van der Waals surface area contributed by atoms with Gasteiger partial charge in [-0.1, -0.05) is 6.92 Å². The number of fused-ring (bicyclic) bond motifs is 4. The molecular formula is C19H28F2O. The van der Waals surface area contributed by atoms with Crippen molar-refractivity contribution in [2.45, 2.75) is 88.8 Å². The van der Waals surface area contributed by atoms with Crippen LogP contribution in [0.15, 0.2) is 0 Å². The fraction of sp³-hybridized carbons (Fsp3) is 1.00. The predicted octanol–water partition coefficient (Wildman–Crippen LogP) is 5.19. The molecule has 22 heavy (non-hydrogen) atoms. The van der Waals surface area contributed by atoms with Gasteiger partial charge in [-0.15, -0.1) is 0 Å². The van der Waals surface area contributed by atoms with Gasteiger partial charge in [0.15, 0.2) is 0 Å². The molecule has 3 unspecified atom stereocenters. The molecule has 0 aromatic carbocycles. The highest BCUT2D eigenvalue weighted by Gasteiger charge is 2.77. The topological polar surface area (TPSA) is 12.5 Å². The van der Waals surface area contributed by atoms with Gasteiger partial charge in [0.25, 0.3) is 0 Å². The van der Waals surface area contributed by atoms with E-state index < -0.39 is 5.92 Å². The highest BCUT2D eigenvalue weighted by molar-refractivity contribution is 5.25. The highest BCUT2D eigenvalue weighted by atomic mass is 19.3. The molecule has 0 aromatic rings. The van der Waals surface area contributed by atoms with E-state index in [4.69, 9.17) is 4.74 Å². The number of alkyl halides is 2. The van der Waals surface area contributed by atoms with Crippen molar-refractivity contribution in [2.75, 3.05) is 0 Å². The van der Waals surface area contributed by atoms with Crippen molar-refractivity contribution in [1.82, 2.24) is 0 Å². The summed E-state index contributed by atoms with van der Waals surface area (Å²) in [5.41, 5.74) is 0.524. The Bertz CT molecular complexity index is 520. The molecule has 0 aromatic heterocycles. The lowest BCUT2D eigenvalue weighted by Crippen LogP contribution is -2.54. The molecule has 0 N–H and O–H groups in total. The third kappa shape index (κ3) is 1.53. The quantitative estimate of drug-likeness (QED) is 0.561. The Balaban J connectivity index is 1.45. The van der Waals surface area contributed by atoms with E-state index in [1.165, 1.54) is 32.1 Å². The van der Waals surface area contributed by atoms with Crippen LogP contribution < -0.4 is 0 Å². The molecule has 0 amide bonds. The van der Waals surface area contributed by atoms with Crippen molar-refractivity contribution in [3.8, 4) is 0 Å². The molecule has 5 rings (SSSR count). The Morgan fingerprint density at radius 2 is 1.64 bits per heavy atom. The fourth-order valence-corrected chi connectivity index (χ4v) is 7.58. The summed E-state index contributed by atoms with van der Waals surface area (Å²) in [4.78, 5) is 0. The van der Waals surface area contributed by atoms with Crippen LogP contribution in [0.4, 0.5) is 8.78 Å². The second-order valence-corrected chi connectivity index (χ2v) is 9.52. The van der Waals surface area contributed by atoms with Crippen LogP contribution >= 0.6 is 0 Å². The van der Waals surface area contributed by atoms with Gasteiger partial charge in [-0.25, -0.2) is 8.78 Å². The summed E-state index contributed by atoms with van der Waals surface area (Å²) < 4.78 is 34.0. The average molecular weight is 310 g/mol. The van der Waals surface area contributed by atoms with Gasteiger partial charge in [0.05, 0.1) is 5.60 Å². The number of hydrogen-bond donors (Lipinski definition) is 0. The zero-order valence-electron chi connectivity index (χ0n) is 13.8. The smallest absolute Gasteiger partial charge is 0.248 e. The van der Waals surface area contributed by atoms with Gasteiger partial charge in [-0.2, -0.15) is 0 Å². The Labute approximate surface area is 132 Å². The van der Waals surface area contributed by atoms with E-state index in [1.807, 2.05) is 0 Å². The molecule has 1 aliphatic heterocycles. The molecule has 5 aliphatic rings. The monoisotopic (exact) mass is 310 g/mol. The highest BCUT2D eigenvalue weighted by Crippen LogP contribution is 2.73. The molecular weight excluding hydrogens is 282 g/mol. The molecule has 1 spiro atoms. The van der Waals surface area contributed by atoms with Gasteiger partial charge in [0, 0.05) is 12.8 Å². The van der Waals surface area contributed by atoms with Gasteiger partial charge in [-0.3, -0.25) is 0 Å². The van der Waals surface area contributed by atoms with Gasteiger partial charge >= 0.3 is 0 Å². The largest absolute Gasteiger partial charge is 0.363 e. The van der Waals surface area contributed by atoms with Crippen LogP contribution in [0.5, 0.6) is 0 Å². The number of halogens is 2. The molecule has 124 valence electrons. The summed E-state index contributed by atoms with van der Waals surface area (Å²) in [5.74, 6) is -0.0233. The summed E-state index contributed by atoms with van der Waals surface area (Å²) in [5, 5.41) is 0. The molecule has 0 bridgehead atoms. The van der Waals surface area contributed by atoms with Crippen molar-refractivity contribution < 1.29 is 13.5 Å². The van der Waals surface area contributed by atoms with Gasteiger partial charge in [-0.05, 0) is 81.0 Å². The van der Waals surface area contributed by atoms with Crippen molar-refractivity contribution in [1.29, 1.82) is 0 Å². The van der Waals surface area contributed by atoms with Gasteiger partial charge < -0.3 is 4.74 Å². The first-order valence-electron chi connectivity index (χ1n) is 9.38. The molecule has 3 heteroatoms. The Hall–Kier alpha value is -0.180. The zero-order valence-corrected chi connectivity index (χ0v) is 13.8. The first-order chi connectivity index (χ1) is 10.3. The van der Waals surface area contributed by atoms with Crippen molar-refractivity contribution in [2.24, 2.45) is 29.1 Å². The summed E-state index contributed by atoms with van der Waals surface area (Å²) >= 11 is 0. The summed E-state index contributed by atoms with van der Waals surface area (Å²) in [6.07, 6.45) is 8.15. The summed E-state index contributed by atoms with van der Waals surface area (Å²) in [6.45, 7) is 4.66. The van der Waals surface area contributed by atoms with E-state index in [0.29, 0.717) is 5.92 Å². The first-order valence-corrected chi connectivity index (χ1v) is 9.38. The lowest BCUT2D eigenvalue weighted by molar-refractivity contribution is -0.157. The summed E-state index contributed by atoms with van der Waals surface area (Å²) in [6, 6.07) is 0. The Kier molecular flexibility index (Phi) is 2.51. The van der Waals surface area contributed by atoms with Crippen molar-refractivity contribution >= 4 is 0 Å². The van der Waals surface area contributed by atoms with Crippen LogP contribution in [-0.2, 0) is 4.74 Å². The van der Waals surface area contributed by atoms with Crippen LogP contribution in [0.2, 0.25) is 0 Å². The predicted molar refractivity (Wildman–Crippen MR) is 80.8 cm³/mol. The lowest BCUT2D eigenvalue weighted by Gasteiger charge is -2.59. The number of rotatable bonds is 0. The minimum atomic E-state index is -2.40. The van der Waals surface area contributed by atoms with Crippen LogP contribution in [0.3, 0.4) is 0 Å². The number of epoxide rings is 1. The van der Waals surface area contributed by atoms with E-state index >= 15 is 0 Å². The van der Waals surface area contributed by atoms with E-state index in [-0.39, 0.29) is 35.4 Å². The zero-order chi connectivity index (χ0) is 15.4. The Morgan fingerprint density at radius 1 is 0.864 bits per heavy atom. The van der Waals surface area contributed by atoms with Gasteiger partial charge in [0.1, 0.15) is 5.60 Å². The minimum Gasteiger partial charge on any atom is -0.363 e. The van der Waals surface area contributed by atoms with E-state index in [9.17, 15) is 8.78 Å². The third-order valence-corrected chi connectivity index (χ3v) is 8.86. The maximum Gasteiger partial charge on any atom is 0.248 e. The van der Waals surface area contributed by atoms with Crippen LogP contribution in [0.25, 0.3) is 0 Å². The molecule has 4 saturated carbocycles. The molecule has 7 atom stereocenters. The maximum absolute atomic E-state index is 13.9. The Morgan fingerprint density at radius 3 is 2.41 bits per heavy atom. The second kappa shape index (κ2) is 3.90. The molecule has 1 saturated heterocycles. The second-order valence-electron chi connectivity index (χ2n) is 9.52. The third-order valence-electron chi connectivity index (χ3n) is 8.86. The molecule has 5 fully saturated rings. The standard InChI is InChI=1S/C19H28F2O/c1-16-9-10-18(20,21)11-12(16)3-4-13-14(16)6-8-19-15(13)5-7-17(19,2)22-19/h12-15H,3-11H2,1-2H3/t12?,13-,14?,15?,16+,17+,19-/m1/s1. The number of ether oxygens (including phenoxy) is 1. The average Bonchev–Trinajstić information content (AvgIpc) is 2.92. The molecule has 4 aliphatic carbocycles. The van der Waals surface area contributed by atoms with Crippen molar-refractivity contribution in [3.05, 3.63) is 0 Å². The molecule has 1 nitrogen and oxygen atoms in total. The fourth-order valence-electron chi connectivity index (χ4n) is 7.58. The van der Waals surface area contributed by atoms with Crippen LogP contribution in [0, 0.1) is 29.1 Å². The molecule has 1 heterocycles. The van der Waals surface area contributed by atoms with Crippen molar-refractivity contribution in [3.63, 3.8) is 0 Å². The van der Waals surface area contributed by atoms with Crippen LogP contribution in [0.1, 0.15) is 71.6 Å². The SMILES string of the molecule is C[C@]12CCC(F)(F)CC1CC[C@@H]1C2CC[C@]23O[C@@]2(C)CCC13. The van der Waals surface area contributed by atoms with E-state index in [2.05, 4.69) is 13.8 Å². The summed E-state index contributed by atoms with van der Waals surface area (Å²) in [7, 11) is 0. The maximum atomic E-state index is 13.9. The lowest BCUT2D eigenvalue weighted by atomic mass is 9.46. The minimum absolute atomic E-state index is 0.118. The van der Waals surface area contributed by atoms with E-state index in [1.54, 1.807) is 0 Å². The van der Waals surface area contributed by atoms with E-state index in [0.717, 1.165) is 24.7 Å². The molecule has 0 radical (unpaired) electrons.